The topological polar surface area (TPSA) is 21.3 Å². The van der Waals surface area contributed by atoms with Gasteiger partial charge in [-0.05, 0) is 36.3 Å². The van der Waals surface area contributed by atoms with E-state index in [1.165, 1.54) is 23.3 Å². The Morgan fingerprint density at radius 2 is 2.38 bits per heavy atom. The van der Waals surface area contributed by atoms with Crippen molar-refractivity contribution in [3.63, 3.8) is 0 Å². The summed E-state index contributed by atoms with van der Waals surface area (Å²) in [5, 5.41) is 3.61. The summed E-state index contributed by atoms with van der Waals surface area (Å²) in [5.41, 5.74) is 2.83. The lowest BCUT2D eigenvalue weighted by Crippen LogP contribution is -2.21. The van der Waals surface area contributed by atoms with Crippen LogP contribution in [-0.2, 0) is 6.42 Å². The molecule has 88 valence electrons. The maximum atomic E-state index is 5.40. The molecule has 2 nitrogen and oxygen atoms in total. The van der Waals surface area contributed by atoms with Crippen LogP contribution in [0.1, 0.15) is 23.6 Å². The lowest BCUT2D eigenvalue weighted by atomic mass is 10.1. The number of methoxy groups -OCH3 is 1. The Hall–Kier alpha value is -0.670. The van der Waals surface area contributed by atoms with Crippen LogP contribution in [0, 0.1) is 0 Å². The van der Waals surface area contributed by atoms with E-state index in [-0.39, 0.29) is 0 Å². The van der Waals surface area contributed by atoms with Crippen molar-refractivity contribution < 1.29 is 4.74 Å². The van der Waals surface area contributed by atoms with E-state index in [1.54, 1.807) is 7.11 Å². The molecule has 1 N–H and O–H groups in total. The van der Waals surface area contributed by atoms with Gasteiger partial charge in [0.15, 0.2) is 0 Å². The number of hydrogen-bond donors (Lipinski definition) is 1. The fraction of sp³-hybridized carbons (Fsp3) is 0.538. The highest BCUT2D eigenvalue weighted by molar-refractivity contribution is 7.98. The van der Waals surface area contributed by atoms with E-state index in [0.29, 0.717) is 6.04 Å². The monoisotopic (exact) mass is 237 g/mol. The maximum Gasteiger partial charge on any atom is 0.122 e. The molecule has 0 radical (unpaired) electrons. The third-order valence-corrected chi connectivity index (χ3v) is 3.76. The lowest BCUT2D eigenvalue weighted by molar-refractivity contribution is 0.410. The standard InChI is InChI=1S/C13H19NOS/c1-15-13-5-3-4-10-11(13)6-7-12(10)14-8-9-16-2/h3-5,12,14H,6-9H2,1-2H3. The molecule has 3 heteroatoms. The minimum Gasteiger partial charge on any atom is -0.496 e. The first kappa shape index (κ1) is 11.8. The molecule has 0 aromatic heterocycles. The highest BCUT2D eigenvalue weighted by Gasteiger charge is 2.24. The largest absolute Gasteiger partial charge is 0.496 e. The average molecular weight is 237 g/mol. The van der Waals surface area contributed by atoms with Crippen LogP contribution >= 0.6 is 11.8 Å². The van der Waals surface area contributed by atoms with E-state index < -0.39 is 0 Å². The number of ether oxygens (including phenoxy) is 1. The van der Waals surface area contributed by atoms with Gasteiger partial charge in [-0.25, -0.2) is 0 Å². The molecule has 1 aliphatic carbocycles. The molecule has 0 saturated carbocycles. The van der Waals surface area contributed by atoms with E-state index in [4.69, 9.17) is 4.74 Å². The normalized spacial score (nSPS) is 18.5. The summed E-state index contributed by atoms with van der Waals surface area (Å²) >= 11 is 1.89. The fourth-order valence-electron chi connectivity index (χ4n) is 2.36. The third kappa shape index (κ3) is 2.36. The van der Waals surface area contributed by atoms with Gasteiger partial charge in [0, 0.05) is 18.3 Å². The first-order valence-corrected chi connectivity index (χ1v) is 7.14. The van der Waals surface area contributed by atoms with E-state index in [2.05, 4.69) is 29.8 Å². The van der Waals surface area contributed by atoms with Gasteiger partial charge in [-0.3, -0.25) is 0 Å². The van der Waals surface area contributed by atoms with Crippen molar-refractivity contribution in [1.82, 2.24) is 5.32 Å². The Bertz CT molecular complexity index is 354. The van der Waals surface area contributed by atoms with Gasteiger partial charge in [0.05, 0.1) is 7.11 Å². The molecule has 2 rings (SSSR count). The number of hydrogen-bond acceptors (Lipinski definition) is 3. The van der Waals surface area contributed by atoms with Gasteiger partial charge in [0.1, 0.15) is 5.75 Å². The third-order valence-electron chi connectivity index (χ3n) is 3.14. The Balaban J connectivity index is 2.08. The van der Waals surface area contributed by atoms with Crippen molar-refractivity contribution in [2.75, 3.05) is 25.7 Å². The average Bonchev–Trinajstić information content (AvgIpc) is 2.73. The summed E-state index contributed by atoms with van der Waals surface area (Å²) in [6, 6.07) is 6.90. The van der Waals surface area contributed by atoms with Crippen molar-refractivity contribution in [3.8, 4) is 5.75 Å². The highest BCUT2D eigenvalue weighted by Crippen LogP contribution is 2.36. The van der Waals surface area contributed by atoms with Gasteiger partial charge < -0.3 is 10.1 Å². The zero-order valence-corrected chi connectivity index (χ0v) is 10.8. The predicted octanol–water partition coefficient (Wildman–Crippen LogP) is 2.64. The van der Waals surface area contributed by atoms with E-state index in [1.807, 2.05) is 11.8 Å². The van der Waals surface area contributed by atoms with Gasteiger partial charge in [-0.15, -0.1) is 0 Å². The smallest absolute Gasteiger partial charge is 0.122 e. The van der Waals surface area contributed by atoms with Crippen LogP contribution in [0.15, 0.2) is 18.2 Å². The predicted molar refractivity (Wildman–Crippen MR) is 70.4 cm³/mol. The first-order valence-electron chi connectivity index (χ1n) is 5.75. The van der Waals surface area contributed by atoms with Crippen LogP contribution in [0.5, 0.6) is 5.75 Å². The second kappa shape index (κ2) is 5.60. The van der Waals surface area contributed by atoms with Crippen LogP contribution in [0.4, 0.5) is 0 Å². The quantitative estimate of drug-likeness (QED) is 0.796. The Morgan fingerprint density at radius 3 is 3.12 bits per heavy atom. The molecule has 1 aromatic carbocycles. The number of benzene rings is 1. The molecule has 1 aliphatic rings. The van der Waals surface area contributed by atoms with Gasteiger partial charge in [0.2, 0.25) is 0 Å². The van der Waals surface area contributed by atoms with Crippen LogP contribution < -0.4 is 10.1 Å². The Kier molecular flexibility index (Phi) is 4.13. The molecular weight excluding hydrogens is 218 g/mol. The molecule has 0 saturated heterocycles. The van der Waals surface area contributed by atoms with Crippen LogP contribution in [0.2, 0.25) is 0 Å². The van der Waals surface area contributed by atoms with Gasteiger partial charge in [-0.1, -0.05) is 12.1 Å². The van der Waals surface area contributed by atoms with E-state index in [0.717, 1.165) is 18.7 Å². The molecule has 0 bridgehead atoms. The second-order valence-corrected chi connectivity index (χ2v) is 5.05. The van der Waals surface area contributed by atoms with Crippen molar-refractivity contribution in [1.29, 1.82) is 0 Å². The fourth-order valence-corrected chi connectivity index (χ4v) is 2.68. The number of nitrogens with one attached hydrogen (secondary N) is 1. The summed E-state index contributed by atoms with van der Waals surface area (Å²) in [5.74, 6) is 2.22. The molecule has 1 unspecified atom stereocenters. The molecule has 0 spiro atoms. The van der Waals surface area contributed by atoms with E-state index >= 15 is 0 Å². The number of thioether (sulfide) groups is 1. The Morgan fingerprint density at radius 1 is 1.50 bits per heavy atom. The van der Waals surface area contributed by atoms with Crippen LogP contribution in [0.25, 0.3) is 0 Å². The van der Waals surface area contributed by atoms with Crippen molar-refractivity contribution in [2.24, 2.45) is 0 Å². The first-order chi connectivity index (χ1) is 7.86. The highest BCUT2D eigenvalue weighted by atomic mass is 32.2. The van der Waals surface area contributed by atoms with Crippen molar-refractivity contribution in [2.45, 2.75) is 18.9 Å². The second-order valence-electron chi connectivity index (χ2n) is 4.07. The maximum absolute atomic E-state index is 5.40. The molecule has 1 aromatic rings. The summed E-state index contributed by atoms with van der Waals surface area (Å²) in [6.45, 7) is 1.09. The van der Waals surface area contributed by atoms with Crippen molar-refractivity contribution >= 4 is 11.8 Å². The summed E-state index contributed by atoms with van der Waals surface area (Å²) < 4.78 is 5.40. The van der Waals surface area contributed by atoms with Gasteiger partial charge in [0.25, 0.3) is 0 Å². The summed E-state index contributed by atoms with van der Waals surface area (Å²) in [4.78, 5) is 0. The van der Waals surface area contributed by atoms with Crippen LogP contribution in [0.3, 0.4) is 0 Å². The van der Waals surface area contributed by atoms with Crippen LogP contribution in [-0.4, -0.2) is 25.7 Å². The summed E-state index contributed by atoms with van der Waals surface area (Å²) in [6.07, 6.45) is 4.48. The van der Waals surface area contributed by atoms with Gasteiger partial charge >= 0.3 is 0 Å². The molecule has 0 fully saturated rings. The zero-order chi connectivity index (χ0) is 11.4. The minimum absolute atomic E-state index is 0.525. The number of fused-ring (bicyclic) bond motifs is 1. The zero-order valence-electron chi connectivity index (χ0n) is 9.95. The lowest BCUT2D eigenvalue weighted by Gasteiger charge is -2.14. The van der Waals surface area contributed by atoms with Crippen molar-refractivity contribution in [3.05, 3.63) is 29.3 Å². The number of rotatable bonds is 5. The molecular formula is C13H19NOS. The molecule has 16 heavy (non-hydrogen) atoms. The van der Waals surface area contributed by atoms with E-state index in [9.17, 15) is 0 Å². The van der Waals surface area contributed by atoms with Gasteiger partial charge in [-0.2, -0.15) is 11.8 Å². The SMILES string of the molecule is COc1cccc2c1CCC2NCCSC. The molecule has 1 atom stereocenters. The molecule has 0 amide bonds. The Labute approximate surface area is 102 Å². The summed E-state index contributed by atoms with van der Waals surface area (Å²) in [7, 11) is 1.75. The molecule has 0 aliphatic heterocycles. The minimum atomic E-state index is 0.525. The molecule has 0 heterocycles.